The lowest BCUT2D eigenvalue weighted by Crippen LogP contribution is -2.29. The fourth-order valence-electron chi connectivity index (χ4n) is 4.28. The Hall–Kier alpha value is -4.09. The van der Waals surface area contributed by atoms with Crippen molar-refractivity contribution in [1.29, 1.82) is 0 Å². The topological polar surface area (TPSA) is 96.8 Å². The number of fused-ring (bicyclic) bond motifs is 2. The van der Waals surface area contributed by atoms with E-state index in [1.807, 2.05) is 48.8 Å². The molecule has 0 fully saturated rings. The Morgan fingerprint density at radius 2 is 1.97 bits per heavy atom. The highest BCUT2D eigenvalue weighted by Gasteiger charge is 2.25. The van der Waals surface area contributed by atoms with Crippen LogP contribution in [-0.4, -0.2) is 39.3 Å². The van der Waals surface area contributed by atoms with E-state index >= 15 is 0 Å². The monoisotopic (exact) mass is 483 g/mol. The van der Waals surface area contributed by atoms with Crippen LogP contribution in [0, 0.1) is 11.8 Å². The number of imidazole rings is 1. The third kappa shape index (κ3) is 4.97. The fourth-order valence-corrected chi connectivity index (χ4v) is 4.28. The highest BCUT2D eigenvalue weighted by molar-refractivity contribution is 5.52. The van der Waals surface area contributed by atoms with Crippen molar-refractivity contribution in [3.05, 3.63) is 76.9 Å². The van der Waals surface area contributed by atoms with Gasteiger partial charge in [-0.05, 0) is 49.9 Å². The first-order chi connectivity index (χ1) is 17.3. The fraction of sp³-hybridized carbons (Fsp3) is 0.321. The van der Waals surface area contributed by atoms with Gasteiger partial charge in [-0.2, -0.15) is 5.10 Å². The second-order valence-electron chi connectivity index (χ2n) is 9.48. The molecule has 8 nitrogen and oxygen atoms in total. The van der Waals surface area contributed by atoms with Crippen molar-refractivity contribution in [3.63, 3.8) is 0 Å². The molecular weight excluding hydrogens is 454 g/mol. The number of aryl methyl sites for hydroxylation is 1. The summed E-state index contributed by atoms with van der Waals surface area (Å²) in [5.74, 6) is 8.19. The number of hydrogen-bond donors (Lipinski definition) is 1. The van der Waals surface area contributed by atoms with Crippen molar-refractivity contribution in [1.82, 2.24) is 19.6 Å². The second kappa shape index (κ2) is 9.51. The van der Waals surface area contributed by atoms with Crippen LogP contribution in [0.1, 0.15) is 54.3 Å². The Kier molecular flexibility index (Phi) is 6.25. The molecule has 3 aromatic heterocycles. The summed E-state index contributed by atoms with van der Waals surface area (Å²) in [5, 5.41) is 4.56. The molecule has 36 heavy (non-hydrogen) atoms. The van der Waals surface area contributed by atoms with Crippen LogP contribution in [0.2, 0.25) is 0 Å². The number of nitrogens with two attached hydrogens (primary N) is 1. The van der Waals surface area contributed by atoms with Gasteiger partial charge in [0, 0.05) is 35.9 Å². The zero-order valence-electron chi connectivity index (χ0n) is 20.9. The van der Waals surface area contributed by atoms with E-state index in [-0.39, 0.29) is 6.10 Å². The highest BCUT2D eigenvalue weighted by Crippen LogP contribution is 2.42. The van der Waals surface area contributed by atoms with E-state index in [0.29, 0.717) is 12.3 Å². The van der Waals surface area contributed by atoms with Crippen molar-refractivity contribution >= 4 is 5.65 Å². The minimum atomic E-state index is -0.562. The molecule has 0 saturated carbocycles. The van der Waals surface area contributed by atoms with Crippen LogP contribution in [0.3, 0.4) is 0 Å². The summed E-state index contributed by atoms with van der Waals surface area (Å²) in [6.45, 7) is 3.74. The van der Waals surface area contributed by atoms with Gasteiger partial charge in [-0.3, -0.25) is 0 Å². The summed E-state index contributed by atoms with van der Waals surface area (Å²) >= 11 is 0. The van der Waals surface area contributed by atoms with Gasteiger partial charge < -0.3 is 19.9 Å². The Bertz CT molecular complexity index is 1440. The predicted molar refractivity (Wildman–Crippen MR) is 136 cm³/mol. The second-order valence-corrected chi connectivity index (χ2v) is 9.48. The standard InChI is InChI=1S/C28H29N5O3/c1-28(2,29)10-9-18-14-25-30-17-22(33(25)32-15-18)12-19-11-20-5-7-23(36-27(20)24(13-19)34-3)21-6-8-26(35-4)31-16-21/h6,8,11,13-17,23H,5,7,12,29H2,1-4H3. The van der Waals surface area contributed by atoms with Crippen LogP contribution in [0.4, 0.5) is 0 Å². The molecule has 1 aliphatic rings. The van der Waals surface area contributed by atoms with Crippen LogP contribution in [-0.2, 0) is 12.8 Å². The van der Waals surface area contributed by atoms with Gasteiger partial charge >= 0.3 is 0 Å². The molecule has 1 unspecified atom stereocenters. The van der Waals surface area contributed by atoms with Gasteiger partial charge in [0.05, 0.1) is 37.8 Å². The number of aromatic nitrogens is 4. The van der Waals surface area contributed by atoms with Gasteiger partial charge in [0.25, 0.3) is 0 Å². The van der Waals surface area contributed by atoms with Crippen LogP contribution < -0.4 is 19.9 Å². The summed E-state index contributed by atoms with van der Waals surface area (Å²) in [6, 6.07) is 9.98. The van der Waals surface area contributed by atoms with Gasteiger partial charge in [-0.1, -0.05) is 17.9 Å². The summed E-state index contributed by atoms with van der Waals surface area (Å²) in [6.07, 6.45) is 7.70. The molecule has 0 bridgehead atoms. The van der Waals surface area contributed by atoms with E-state index in [1.165, 1.54) is 0 Å². The molecule has 184 valence electrons. The van der Waals surface area contributed by atoms with E-state index in [2.05, 4.69) is 33.0 Å². The molecule has 4 heterocycles. The average molecular weight is 484 g/mol. The minimum Gasteiger partial charge on any atom is -0.493 e. The Balaban J connectivity index is 1.38. The van der Waals surface area contributed by atoms with Crippen molar-refractivity contribution in [2.75, 3.05) is 14.2 Å². The van der Waals surface area contributed by atoms with Crippen molar-refractivity contribution in [3.8, 4) is 29.2 Å². The van der Waals surface area contributed by atoms with Gasteiger partial charge in [-0.25, -0.2) is 14.5 Å². The number of pyridine rings is 1. The molecule has 0 spiro atoms. The molecular formula is C28H29N5O3. The van der Waals surface area contributed by atoms with E-state index in [0.717, 1.165) is 57.9 Å². The average Bonchev–Trinajstić information content (AvgIpc) is 3.28. The lowest BCUT2D eigenvalue weighted by Gasteiger charge is -2.28. The van der Waals surface area contributed by atoms with Crippen LogP contribution >= 0.6 is 0 Å². The van der Waals surface area contributed by atoms with Gasteiger partial charge in [0.1, 0.15) is 6.10 Å². The maximum absolute atomic E-state index is 6.38. The van der Waals surface area contributed by atoms with Gasteiger partial charge in [0.2, 0.25) is 5.88 Å². The lowest BCUT2D eigenvalue weighted by molar-refractivity contribution is 0.168. The highest BCUT2D eigenvalue weighted by atomic mass is 16.5. The number of ether oxygens (including phenoxy) is 3. The largest absolute Gasteiger partial charge is 0.493 e. The molecule has 4 aromatic rings. The molecule has 0 saturated heterocycles. The lowest BCUT2D eigenvalue weighted by atomic mass is 9.95. The third-order valence-corrected chi connectivity index (χ3v) is 6.03. The normalized spacial score (nSPS) is 15.0. The molecule has 1 atom stereocenters. The zero-order valence-corrected chi connectivity index (χ0v) is 20.9. The first-order valence-electron chi connectivity index (χ1n) is 11.8. The maximum atomic E-state index is 6.38. The first-order valence-corrected chi connectivity index (χ1v) is 11.8. The molecule has 0 amide bonds. The molecule has 0 aliphatic carbocycles. The summed E-state index contributed by atoms with van der Waals surface area (Å²) in [5.41, 5.74) is 11.2. The third-order valence-electron chi connectivity index (χ3n) is 6.03. The van der Waals surface area contributed by atoms with E-state index in [9.17, 15) is 0 Å². The molecule has 0 radical (unpaired) electrons. The SMILES string of the molecule is COc1ccc(C2CCc3cc(Cc4cnc5cc(C#CC(C)(C)N)cnn45)cc(OC)c3O2)cn1. The molecule has 1 aromatic carbocycles. The van der Waals surface area contributed by atoms with Gasteiger partial charge in [0.15, 0.2) is 17.1 Å². The first kappa shape index (κ1) is 23.6. The summed E-state index contributed by atoms with van der Waals surface area (Å²) < 4.78 is 19.1. The van der Waals surface area contributed by atoms with Gasteiger partial charge in [-0.15, -0.1) is 0 Å². The number of methoxy groups -OCH3 is 2. The smallest absolute Gasteiger partial charge is 0.212 e. The molecule has 2 N–H and O–H groups in total. The number of hydrogen-bond acceptors (Lipinski definition) is 7. The predicted octanol–water partition coefficient (Wildman–Crippen LogP) is 3.89. The summed E-state index contributed by atoms with van der Waals surface area (Å²) in [7, 11) is 3.28. The minimum absolute atomic E-state index is 0.0826. The van der Waals surface area contributed by atoms with Crippen LogP contribution in [0.5, 0.6) is 17.4 Å². The van der Waals surface area contributed by atoms with E-state index in [1.54, 1.807) is 26.6 Å². The van der Waals surface area contributed by atoms with Crippen molar-refractivity contribution < 1.29 is 14.2 Å². The number of nitrogens with zero attached hydrogens (tertiary/aromatic N) is 4. The molecule has 8 heteroatoms. The molecule has 1 aliphatic heterocycles. The zero-order chi connectivity index (χ0) is 25.3. The van der Waals surface area contributed by atoms with Crippen molar-refractivity contribution in [2.45, 2.75) is 44.8 Å². The summed E-state index contributed by atoms with van der Waals surface area (Å²) in [4.78, 5) is 8.85. The Morgan fingerprint density at radius 1 is 1.11 bits per heavy atom. The number of rotatable bonds is 5. The Labute approximate surface area is 210 Å². The van der Waals surface area contributed by atoms with Crippen LogP contribution in [0.15, 0.2) is 48.9 Å². The van der Waals surface area contributed by atoms with Crippen molar-refractivity contribution in [2.24, 2.45) is 5.73 Å². The molecule has 5 rings (SSSR count). The number of benzene rings is 1. The Morgan fingerprint density at radius 3 is 2.69 bits per heavy atom. The van der Waals surface area contributed by atoms with E-state index in [4.69, 9.17) is 19.9 Å². The maximum Gasteiger partial charge on any atom is 0.212 e. The van der Waals surface area contributed by atoms with E-state index < -0.39 is 5.54 Å². The van der Waals surface area contributed by atoms with Crippen LogP contribution in [0.25, 0.3) is 5.65 Å². The quantitative estimate of drug-likeness (QED) is 0.430.